The van der Waals surface area contributed by atoms with Crippen LogP contribution in [0.3, 0.4) is 0 Å². The van der Waals surface area contributed by atoms with E-state index in [1.165, 1.54) is 0 Å². The maximum Gasteiger partial charge on any atom is 0.333 e. The van der Waals surface area contributed by atoms with E-state index in [-0.39, 0.29) is 6.04 Å². The molecule has 0 amide bonds. The zero-order valence-electron chi connectivity index (χ0n) is 7.23. The first-order chi connectivity index (χ1) is 5.52. The lowest BCUT2D eigenvalue weighted by molar-refractivity contribution is 0.389. The van der Waals surface area contributed by atoms with Gasteiger partial charge in [-0.25, -0.2) is 0 Å². The van der Waals surface area contributed by atoms with Crippen molar-refractivity contribution in [3.63, 3.8) is 0 Å². The van der Waals surface area contributed by atoms with Crippen molar-refractivity contribution in [2.45, 2.75) is 38.1 Å². The molecule has 66 valence electrons. The molecule has 1 saturated carbocycles. The molecule has 0 aromatic heterocycles. The fourth-order valence-electron chi connectivity index (χ4n) is 1.37. The monoisotopic (exact) mass is 180 g/mol. The SMILES string of the molecule is [2H]N(C1CCCCC1)S(=O)(=O)O. The second-order valence-corrected chi connectivity index (χ2v) is 3.95. The van der Waals surface area contributed by atoms with E-state index < -0.39 is 10.3 Å². The lowest BCUT2D eigenvalue weighted by Gasteiger charge is -2.20. The van der Waals surface area contributed by atoms with Crippen LogP contribution in [0.15, 0.2) is 0 Å². The average molecular weight is 180 g/mol. The minimum atomic E-state index is -4.30. The van der Waals surface area contributed by atoms with Gasteiger partial charge in [0.05, 0.1) is 0 Å². The van der Waals surface area contributed by atoms with Gasteiger partial charge in [0.2, 0.25) is 0 Å². The van der Waals surface area contributed by atoms with Crippen LogP contribution in [0.25, 0.3) is 0 Å². The summed E-state index contributed by atoms with van der Waals surface area (Å²) < 4.78 is 37.0. The van der Waals surface area contributed by atoms with Gasteiger partial charge in [0, 0.05) is 6.04 Å². The lowest BCUT2D eigenvalue weighted by atomic mass is 9.96. The highest BCUT2D eigenvalue weighted by atomic mass is 32.2. The molecule has 0 aromatic carbocycles. The Bertz CT molecular complexity index is 235. The van der Waals surface area contributed by atoms with Gasteiger partial charge in [-0.1, -0.05) is 19.3 Å². The molecular formula is C6H13NO3S. The highest BCUT2D eigenvalue weighted by Crippen LogP contribution is 2.17. The second-order valence-electron chi connectivity index (χ2n) is 2.85. The standard InChI is InChI=1S/C6H13NO3S/c8-11(9,10)7-6-4-2-1-3-5-6/h6-7H,1-5H2,(H,8,9,10)/i/hD. The molecule has 0 saturated heterocycles. The summed E-state index contributed by atoms with van der Waals surface area (Å²) >= 11 is 0. The van der Waals surface area contributed by atoms with Crippen LogP contribution in [0.1, 0.15) is 32.1 Å². The van der Waals surface area contributed by atoms with Crippen molar-refractivity contribution in [3.05, 3.63) is 0 Å². The minimum absolute atomic E-state index is 0.325. The van der Waals surface area contributed by atoms with E-state index in [0.717, 1.165) is 19.3 Å². The fourth-order valence-corrected chi connectivity index (χ4v) is 1.96. The van der Waals surface area contributed by atoms with Crippen molar-refractivity contribution < 1.29 is 14.4 Å². The molecule has 1 aliphatic carbocycles. The van der Waals surface area contributed by atoms with Gasteiger partial charge in [0.25, 0.3) is 0 Å². The van der Waals surface area contributed by atoms with Crippen LogP contribution in [0.5, 0.6) is 0 Å². The number of hydrogen-bond donors (Lipinski definition) is 2. The van der Waals surface area contributed by atoms with Gasteiger partial charge in [-0.05, 0) is 12.8 Å². The molecule has 0 heterocycles. The first-order valence-electron chi connectivity index (χ1n) is 4.22. The van der Waals surface area contributed by atoms with Crippen LogP contribution in [0.2, 0.25) is 1.41 Å². The third kappa shape index (κ3) is 3.69. The van der Waals surface area contributed by atoms with Gasteiger partial charge in [0.1, 0.15) is 1.41 Å². The van der Waals surface area contributed by atoms with Crippen LogP contribution < -0.4 is 4.72 Å². The first-order valence-corrected chi connectivity index (χ1v) is 5.17. The van der Waals surface area contributed by atoms with Crippen molar-refractivity contribution in [2.24, 2.45) is 0 Å². The van der Waals surface area contributed by atoms with Gasteiger partial charge < -0.3 is 0 Å². The van der Waals surface area contributed by atoms with E-state index in [1.807, 2.05) is 0 Å². The summed E-state index contributed by atoms with van der Waals surface area (Å²) in [5, 5.41) is 0. The van der Waals surface area contributed by atoms with E-state index in [0.29, 0.717) is 17.6 Å². The summed E-state index contributed by atoms with van der Waals surface area (Å²) in [6, 6.07) is -0.325. The summed E-state index contributed by atoms with van der Waals surface area (Å²) in [4.78, 5) is 0. The predicted molar refractivity (Wildman–Crippen MR) is 41.6 cm³/mol. The first kappa shape index (κ1) is 7.52. The molecule has 1 rings (SSSR count). The van der Waals surface area contributed by atoms with E-state index in [4.69, 9.17) is 5.96 Å². The third-order valence-corrected chi connectivity index (χ3v) is 2.42. The molecule has 0 bridgehead atoms. The van der Waals surface area contributed by atoms with E-state index in [1.54, 1.807) is 0 Å². The van der Waals surface area contributed by atoms with E-state index in [9.17, 15) is 8.42 Å². The molecule has 0 unspecified atom stereocenters. The molecule has 0 aromatic rings. The smallest absolute Gasteiger partial charge is 0.273 e. The van der Waals surface area contributed by atoms with Gasteiger partial charge in [-0.3, -0.25) is 4.55 Å². The molecule has 0 atom stereocenters. The highest BCUT2D eigenvalue weighted by Gasteiger charge is 2.17. The van der Waals surface area contributed by atoms with Crippen molar-refractivity contribution >= 4 is 10.3 Å². The molecule has 1 aliphatic rings. The van der Waals surface area contributed by atoms with Gasteiger partial charge in [0.15, 0.2) is 0 Å². The Balaban J connectivity index is 2.57. The number of hydrogen-bond acceptors (Lipinski definition) is 2. The maximum absolute atomic E-state index is 10.5. The summed E-state index contributed by atoms with van der Waals surface area (Å²) in [6.45, 7) is 0. The normalized spacial score (nSPS) is 23.6. The fraction of sp³-hybridized carbons (Fsp3) is 1.00. The Kier molecular flexibility index (Phi) is 2.40. The van der Waals surface area contributed by atoms with Crippen molar-refractivity contribution in [3.8, 4) is 0 Å². The largest absolute Gasteiger partial charge is 0.333 e. The summed E-state index contributed by atoms with van der Waals surface area (Å²) in [6.07, 6.45) is 4.34. The lowest BCUT2D eigenvalue weighted by Crippen LogP contribution is -2.35. The Morgan fingerprint density at radius 1 is 1.36 bits per heavy atom. The van der Waals surface area contributed by atoms with Crippen molar-refractivity contribution in [2.75, 3.05) is 0 Å². The summed E-state index contributed by atoms with van der Waals surface area (Å²) in [5.74, 6) is 0. The molecule has 11 heavy (non-hydrogen) atoms. The zero-order valence-corrected chi connectivity index (χ0v) is 7.05. The van der Waals surface area contributed by atoms with E-state index in [2.05, 4.69) is 0 Å². The van der Waals surface area contributed by atoms with Gasteiger partial charge in [-0.15, -0.1) is 0 Å². The molecule has 0 aliphatic heterocycles. The van der Waals surface area contributed by atoms with Gasteiger partial charge >= 0.3 is 10.3 Å². The quantitative estimate of drug-likeness (QED) is 0.615. The molecule has 0 spiro atoms. The molecule has 2 N–H and O–H groups in total. The van der Waals surface area contributed by atoms with Crippen LogP contribution >= 0.6 is 0 Å². The Hall–Kier alpha value is -0.130. The summed E-state index contributed by atoms with van der Waals surface area (Å²) in [7, 11) is -4.30. The predicted octanol–water partition coefficient (Wildman–Crippen LogP) is 0.712. The third-order valence-electron chi connectivity index (χ3n) is 1.86. The van der Waals surface area contributed by atoms with Crippen LogP contribution in [-0.4, -0.2) is 19.0 Å². The molecule has 0 radical (unpaired) electrons. The Morgan fingerprint density at radius 2 is 1.91 bits per heavy atom. The molecular weight excluding hydrogens is 166 g/mol. The van der Waals surface area contributed by atoms with Crippen LogP contribution in [0.4, 0.5) is 0 Å². The minimum Gasteiger partial charge on any atom is -0.273 e. The van der Waals surface area contributed by atoms with Crippen molar-refractivity contribution in [1.82, 2.24) is 4.72 Å². The Labute approximate surface area is 68.3 Å². The van der Waals surface area contributed by atoms with Crippen molar-refractivity contribution in [1.29, 1.82) is 0 Å². The van der Waals surface area contributed by atoms with Crippen LogP contribution in [-0.2, 0) is 10.3 Å². The second kappa shape index (κ2) is 3.51. The van der Waals surface area contributed by atoms with Gasteiger partial charge in [-0.2, -0.15) is 13.1 Å². The summed E-state index contributed by atoms with van der Waals surface area (Å²) in [5.41, 5.74) is 0. The van der Waals surface area contributed by atoms with Crippen LogP contribution in [0, 0.1) is 0 Å². The van der Waals surface area contributed by atoms with E-state index >= 15 is 0 Å². The highest BCUT2D eigenvalue weighted by molar-refractivity contribution is 7.83. The maximum atomic E-state index is 10.5. The molecule has 4 nitrogen and oxygen atoms in total. The molecule has 1 fully saturated rings. The zero-order chi connectivity index (χ0) is 9.19. The Morgan fingerprint density at radius 3 is 2.36 bits per heavy atom. The number of nitrogens with one attached hydrogen (secondary N) is 1. The average Bonchev–Trinajstić information content (AvgIpc) is 2.03. The topological polar surface area (TPSA) is 66.4 Å². The molecule has 5 heteroatoms. The number of rotatable bonds is 2.